The van der Waals surface area contributed by atoms with Crippen LogP contribution in [0, 0.1) is 11.3 Å². The van der Waals surface area contributed by atoms with Crippen molar-refractivity contribution >= 4 is 10.0 Å². The summed E-state index contributed by atoms with van der Waals surface area (Å²) in [6.45, 7) is 3.13. The summed E-state index contributed by atoms with van der Waals surface area (Å²) in [5.74, 6) is 0.287. The van der Waals surface area contributed by atoms with E-state index in [-0.39, 0.29) is 11.8 Å². The molecule has 3 heterocycles. The molecule has 0 saturated carbocycles. The maximum atomic E-state index is 12.3. The Morgan fingerprint density at radius 2 is 2.00 bits per heavy atom. The van der Waals surface area contributed by atoms with Crippen molar-refractivity contribution in [3.8, 4) is 17.3 Å². The molecule has 1 aromatic heterocycles. The van der Waals surface area contributed by atoms with Gasteiger partial charge in [0, 0.05) is 50.0 Å². The van der Waals surface area contributed by atoms with Crippen LogP contribution in [0.5, 0.6) is 0 Å². The molecule has 2 aliphatic heterocycles. The van der Waals surface area contributed by atoms with Gasteiger partial charge in [0.05, 0.1) is 23.1 Å². The van der Waals surface area contributed by atoms with E-state index < -0.39 is 10.0 Å². The largest absolute Gasteiger partial charge is 0.297 e. The van der Waals surface area contributed by atoms with Gasteiger partial charge in [0.2, 0.25) is 10.0 Å². The van der Waals surface area contributed by atoms with Gasteiger partial charge >= 0.3 is 0 Å². The SMILES string of the molecule is Cn1cc(CN2CCC[C@@H](N3CCCS3(=O)=O)C2)c(-c2ccc(C#N)cc2)n1. The summed E-state index contributed by atoms with van der Waals surface area (Å²) in [4.78, 5) is 2.34. The number of benzene rings is 1. The van der Waals surface area contributed by atoms with Crippen molar-refractivity contribution in [3.63, 3.8) is 0 Å². The first-order chi connectivity index (χ1) is 13.5. The number of sulfonamides is 1. The van der Waals surface area contributed by atoms with Crippen molar-refractivity contribution in [2.75, 3.05) is 25.4 Å². The Bertz CT molecular complexity index is 991. The van der Waals surface area contributed by atoms with E-state index in [2.05, 4.69) is 16.1 Å². The predicted octanol–water partition coefficient (Wildman–Crippen LogP) is 1.96. The molecule has 7 nitrogen and oxygen atoms in total. The van der Waals surface area contributed by atoms with Gasteiger partial charge < -0.3 is 0 Å². The molecule has 0 aliphatic carbocycles. The summed E-state index contributed by atoms with van der Waals surface area (Å²) in [6, 6.07) is 9.70. The molecular weight excluding hydrogens is 374 g/mol. The minimum Gasteiger partial charge on any atom is -0.297 e. The number of piperidine rings is 1. The summed E-state index contributed by atoms with van der Waals surface area (Å²) in [5, 5.41) is 13.6. The summed E-state index contributed by atoms with van der Waals surface area (Å²) in [5.41, 5.74) is 3.66. The number of aryl methyl sites for hydroxylation is 1. The minimum absolute atomic E-state index is 0.0799. The standard InChI is InChI=1S/C20H25N5O2S/c1-23-13-18(20(22-23)17-7-5-16(12-21)6-8-17)14-24-9-2-4-19(15-24)25-10-3-11-28(25,26)27/h5-8,13,19H,2-4,9-11,14-15H2,1H3/t19-/m1/s1. The third-order valence-corrected chi connectivity index (χ3v) is 7.61. The second-order valence-corrected chi connectivity index (χ2v) is 9.72. The van der Waals surface area contributed by atoms with Crippen LogP contribution >= 0.6 is 0 Å². The normalized spacial score (nSPS) is 22.9. The first-order valence-corrected chi connectivity index (χ1v) is 11.3. The summed E-state index contributed by atoms with van der Waals surface area (Å²) in [7, 11) is -1.16. The van der Waals surface area contributed by atoms with Gasteiger partial charge in [0.15, 0.2) is 0 Å². The van der Waals surface area contributed by atoms with Gasteiger partial charge in [-0.3, -0.25) is 9.58 Å². The number of nitrogens with zero attached hydrogens (tertiary/aromatic N) is 5. The molecule has 0 radical (unpaired) electrons. The van der Waals surface area contributed by atoms with Gasteiger partial charge in [0.25, 0.3) is 0 Å². The Balaban J connectivity index is 1.52. The van der Waals surface area contributed by atoms with E-state index in [0.29, 0.717) is 12.1 Å². The van der Waals surface area contributed by atoms with Gasteiger partial charge in [-0.25, -0.2) is 8.42 Å². The number of hydrogen-bond donors (Lipinski definition) is 0. The lowest BCUT2D eigenvalue weighted by molar-refractivity contribution is 0.146. The lowest BCUT2D eigenvalue weighted by Crippen LogP contribution is -2.48. The van der Waals surface area contributed by atoms with E-state index in [1.807, 2.05) is 42.2 Å². The molecule has 2 fully saturated rings. The molecule has 2 saturated heterocycles. The average Bonchev–Trinajstić information content (AvgIpc) is 3.23. The summed E-state index contributed by atoms with van der Waals surface area (Å²) < 4.78 is 28.1. The Kier molecular flexibility index (Phi) is 5.23. The molecule has 148 valence electrons. The van der Waals surface area contributed by atoms with Crippen LogP contribution in [0.25, 0.3) is 11.3 Å². The van der Waals surface area contributed by atoms with Crippen molar-refractivity contribution in [1.29, 1.82) is 5.26 Å². The molecule has 0 amide bonds. The van der Waals surface area contributed by atoms with E-state index in [1.165, 1.54) is 0 Å². The van der Waals surface area contributed by atoms with Crippen LogP contribution in [0.4, 0.5) is 0 Å². The second-order valence-electron chi connectivity index (χ2n) is 7.68. The van der Waals surface area contributed by atoms with Gasteiger partial charge in [0.1, 0.15) is 0 Å². The highest BCUT2D eigenvalue weighted by atomic mass is 32.2. The molecule has 0 N–H and O–H groups in total. The third-order valence-electron chi connectivity index (χ3n) is 5.61. The molecule has 0 bridgehead atoms. The van der Waals surface area contributed by atoms with Gasteiger partial charge in [-0.1, -0.05) is 12.1 Å². The van der Waals surface area contributed by atoms with Crippen molar-refractivity contribution in [2.45, 2.75) is 31.8 Å². The Morgan fingerprint density at radius 1 is 1.21 bits per heavy atom. The zero-order valence-corrected chi connectivity index (χ0v) is 16.9. The zero-order chi connectivity index (χ0) is 19.7. The molecule has 2 aromatic rings. The van der Waals surface area contributed by atoms with Gasteiger partial charge in [-0.15, -0.1) is 0 Å². The van der Waals surface area contributed by atoms with Crippen LogP contribution in [0.3, 0.4) is 0 Å². The van der Waals surface area contributed by atoms with Crippen LogP contribution in [0.1, 0.15) is 30.4 Å². The maximum absolute atomic E-state index is 12.3. The van der Waals surface area contributed by atoms with E-state index in [4.69, 9.17) is 5.26 Å². The van der Waals surface area contributed by atoms with E-state index in [1.54, 1.807) is 4.31 Å². The smallest absolute Gasteiger partial charge is 0.214 e. The molecule has 28 heavy (non-hydrogen) atoms. The van der Waals surface area contributed by atoms with Crippen LogP contribution in [-0.4, -0.2) is 58.8 Å². The molecule has 1 aromatic carbocycles. The number of nitriles is 1. The predicted molar refractivity (Wildman–Crippen MR) is 107 cm³/mol. The van der Waals surface area contributed by atoms with Crippen molar-refractivity contribution < 1.29 is 8.42 Å². The lowest BCUT2D eigenvalue weighted by atomic mass is 10.0. The quantitative estimate of drug-likeness (QED) is 0.785. The van der Waals surface area contributed by atoms with E-state index in [0.717, 1.165) is 55.7 Å². The molecule has 0 unspecified atom stereocenters. The maximum Gasteiger partial charge on any atom is 0.214 e. The Morgan fingerprint density at radius 3 is 2.68 bits per heavy atom. The van der Waals surface area contributed by atoms with Crippen molar-refractivity contribution in [3.05, 3.63) is 41.6 Å². The van der Waals surface area contributed by atoms with Crippen molar-refractivity contribution in [2.24, 2.45) is 7.05 Å². The first-order valence-electron chi connectivity index (χ1n) is 9.71. The molecule has 4 rings (SSSR count). The zero-order valence-electron chi connectivity index (χ0n) is 16.1. The second kappa shape index (κ2) is 7.66. The van der Waals surface area contributed by atoms with Crippen LogP contribution in [0.15, 0.2) is 30.5 Å². The fourth-order valence-electron chi connectivity index (χ4n) is 4.32. The van der Waals surface area contributed by atoms with Crippen LogP contribution < -0.4 is 0 Å². The van der Waals surface area contributed by atoms with Crippen molar-refractivity contribution in [1.82, 2.24) is 19.0 Å². The lowest BCUT2D eigenvalue weighted by Gasteiger charge is -2.36. The Labute approximate surface area is 166 Å². The summed E-state index contributed by atoms with van der Waals surface area (Å²) in [6.07, 6.45) is 4.71. The monoisotopic (exact) mass is 399 g/mol. The Hall–Kier alpha value is -2.21. The molecule has 1 atom stereocenters. The minimum atomic E-state index is -3.07. The summed E-state index contributed by atoms with van der Waals surface area (Å²) >= 11 is 0. The highest BCUT2D eigenvalue weighted by Crippen LogP contribution is 2.27. The molecule has 0 spiro atoms. The van der Waals surface area contributed by atoms with E-state index >= 15 is 0 Å². The van der Waals surface area contributed by atoms with E-state index in [9.17, 15) is 8.42 Å². The molecular formula is C20H25N5O2S. The fourth-order valence-corrected chi connectivity index (χ4v) is 6.08. The van der Waals surface area contributed by atoms with Crippen LogP contribution in [-0.2, 0) is 23.6 Å². The highest BCUT2D eigenvalue weighted by Gasteiger charge is 2.36. The van der Waals surface area contributed by atoms with Crippen LogP contribution in [0.2, 0.25) is 0 Å². The third kappa shape index (κ3) is 3.83. The fraction of sp³-hybridized carbons (Fsp3) is 0.500. The number of likely N-dealkylation sites (tertiary alicyclic amines) is 1. The van der Waals surface area contributed by atoms with Gasteiger partial charge in [-0.05, 0) is 37.9 Å². The highest BCUT2D eigenvalue weighted by molar-refractivity contribution is 7.89. The number of aromatic nitrogens is 2. The topological polar surface area (TPSA) is 82.2 Å². The first kappa shape index (κ1) is 19.1. The molecule has 8 heteroatoms. The van der Waals surface area contributed by atoms with Gasteiger partial charge in [-0.2, -0.15) is 14.7 Å². The number of rotatable bonds is 4. The molecule has 2 aliphatic rings. The number of hydrogen-bond acceptors (Lipinski definition) is 5. The average molecular weight is 400 g/mol.